The number of nitrogens with one attached hydrogen (secondary N) is 1. The van der Waals surface area contributed by atoms with Crippen LogP contribution in [0.5, 0.6) is 0 Å². The number of nitrogens with zero attached hydrogens (tertiary/aromatic N) is 3. The summed E-state index contributed by atoms with van der Waals surface area (Å²) in [5.74, 6) is -0.846. The maximum atomic E-state index is 12.8. The van der Waals surface area contributed by atoms with Crippen molar-refractivity contribution in [2.75, 3.05) is 18.4 Å². The Bertz CT molecular complexity index is 1480. The fraction of sp³-hybridized carbons (Fsp3) is 0.263. The molecule has 0 atom stereocenters. The average Bonchev–Trinajstić information content (AvgIpc) is 3.49. The molecule has 0 aliphatic carbocycles. The Labute approximate surface area is 213 Å². The summed E-state index contributed by atoms with van der Waals surface area (Å²) in [6, 6.07) is 7.43. The molecule has 11 nitrogen and oxygen atoms in total. The van der Waals surface area contributed by atoms with Crippen LogP contribution in [0.3, 0.4) is 0 Å². The molecule has 1 saturated heterocycles. The predicted molar refractivity (Wildman–Crippen MR) is 130 cm³/mol. The highest BCUT2D eigenvalue weighted by Crippen LogP contribution is 2.32. The van der Waals surface area contributed by atoms with Crippen LogP contribution in [0, 0.1) is 16.0 Å². The summed E-state index contributed by atoms with van der Waals surface area (Å²) in [4.78, 5) is 26.7. The molecule has 1 aliphatic heterocycles. The Morgan fingerprint density at radius 3 is 2.29 bits per heavy atom. The van der Waals surface area contributed by atoms with Crippen LogP contribution in [-0.2, 0) is 24.7 Å². The van der Waals surface area contributed by atoms with Gasteiger partial charge in [-0.1, -0.05) is 22.9 Å². The van der Waals surface area contributed by atoms with Gasteiger partial charge in [0.15, 0.2) is 5.13 Å². The second-order valence-electron chi connectivity index (χ2n) is 7.47. The van der Waals surface area contributed by atoms with Crippen molar-refractivity contribution >= 4 is 70.9 Å². The second-order valence-corrected chi connectivity index (χ2v) is 14.6. The van der Waals surface area contributed by atoms with Crippen molar-refractivity contribution in [3.05, 3.63) is 57.0 Å². The number of carbonyl (C=O) groups is 1. The Hall–Kier alpha value is -2.43. The molecular formula is C19H17ClN4O7S4. The Morgan fingerprint density at radius 1 is 1.06 bits per heavy atom. The second kappa shape index (κ2) is 9.91. The number of sulfone groups is 1. The van der Waals surface area contributed by atoms with E-state index in [1.165, 1.54) is 16.4 Å². The molecule has 3 heterocycles. The first-order valence-corrected chi connectivity index (χ1v) is 14.9. The predicted octanol–water partition coefficient (Wildman–Crippen LogP) is 3.64. The zero-order valence-corrected chi connectivity index (χ0v) is 21.7. The number of sulfonamides is 1. The number of nitro benzene ring substituents is 1. The summed E-state index contributed by atoms with van der Waals surface area (Å²) in [5, 5.41) is 13.5. The smallest absolute Gasteiger partial charge is 0.269 e. The van der Waals surface area contributed by atoms with E-state index in [4.69, 9.17) is 11.6 Å². The number of anilines is 1. The lowest BCUT2D eigenvalue weighted by Gasteiger charge is -2.29. The van der Waals surface area contributed by atoms with Crippen molar-refractivity contribution in [1.82, 2.24) is 9.29 Å². The molecule has 0 saturated carbocycles. The topological polar surface area (TPSA) is 157 Å². The average molecular weight is 577 g/mol. The minimum atomic E-state index is -3.97. The van der Waals surface area contributed by atoms with Crippen LogP contribution in [0.25, 0.3) is 0 Å². The van der Waals surface area contributed by atoms with Gasteiger partial charge in [0, 0.05) is 31.1 Å². The minimum absolute atomic E-state index is 0.0822. The molecule has 16 heteroatoms. The molecule has 0 bridgehead atoms. The number of hydrogen-bond acceptors (Lipinski definition) is 10. The van der Waals surface area contributed by atoms with Gasteiger partial charge in [0.2, 0.25) is 15.7 Å². The molecule has 2 aromatic heterocycles. The molecule has 186 valence electrons. The van der Waals surface area contributed by atoms with Crippen molar-refractivity contribution < 1.29 is 26.6 Å². The van der Waals surface area contributed by atoms with Gasteiger partial charge in [-0.25, -0.2) is 21.8 Å². The third kappa shape index (κ3) is 5.39. The molecule has 1 aliphatic rings. The highest BCUT2D eigenvalue weighted by molar-refractivity contribution is 7.93. The van der Waals surface area contributed by atoms with E-state index in [9.17, 15) is 31.7 Å². The Balaban J connectivity index is 1.38. The van der Waals surface area contributed by atoms with Crippen LogP contribution in [0.1, 0.15) is 12.8 Å². The number of halogens is 1. The van der Waals surface area contributed by atoms with Crippen LogP contribution < -0.4 is 5.32 Å². The maximum Gasteiger partial charge on any atom is 0.269 e. The van der Waals surface area contributed by atoms with Crippen molar-refractivity contribution in [2.45, 2.75) is 26.2 Å². The summed E-state index contributed by atoms with van der Waals surface area (Å²) in [6.07, 6.45) is 1.70. The zero-order valence-electron chi connectivity index (χ0n) is 17.7. The number of non-ortho nitro benzene ring substituents is 1. The number of amides is 1. The van der Waals surface area contributed by atoms with Crippen molar-refractivity contribution in [1.29, 1.82) is 0 Å². The van der Waals surface area contributed by atoms with Crippen LogP contribution in [-0.4, -0.2) is 50.0 Å². The van der Waals surface area contributed by atoms with Crippen LogP contribution >= 0.6 is 34.3 Å². The molecule has 1 fully saturated rings. The van der Waals surface area contributed by atoms with E-state index in [0.717, 1.165) is 53.1 Å². The van der Waals surface area contributed by atoms with Crippen LogP contribution in [0.15, 0.2) is 55.9 Å². The summed E-state index contributed by atoms with van der Waals surface area (Å²) < 4.78 is 52.7. The Kier molecular flexibility index (Phi) is 7.26. The number of thiophene rings is 1. The van der Waals surface area contributed by atoms with E-state index in [1.807, 2.05) is 0 Å². The Morgan fingerprint density at radius 2 is 1.71 bits per heavy atom. The van der Waals surface area contributed by atoms with E-state index in [1.54, 1.807) is 0 Å². The molecule has 35 heavy (non-hydrogen) atoms. The monoisotopic (exact) mass is 576 g/mol. The third-order valence-electron chi connectivity index (χ3n) is 5.30. The van der Waals surface area contributed by atoms with Crippen LogP contribution in [0.2, 0.25) is 4.34 Å². The maximum absolute atomic E-state index is 12.8. The number of hydrogen-bond donors (Lipinski definition) is 1. The highest BCUT2D eigenvalue weighted by atomic mass is 35.5. The van der Waals surface area contributed by atoms with Gasteiger partial charge in [0.25, 0.3) is 15.7 Å². The van der Waals surface area contributed by atoms with Gasteiger partial charge >= 0.3 is 0 Å². The first-order valence-electron chi connectivity index (χ1n) is 10.0. The van der Waals surface area contributed by atoms with E-state index in [-0.39, 0.29) is 43.1 Å². The fourth-order valence-electron chi connectivity index (χ4n) is 3.43. The lowest BCUT2D eigenvalue weighted by Crippen LogP contribution is -2.41. The number of nitro groups is 1. The van der Waals surface area contributed by atoms with Gasteiger partial charge in [0.1, 0.15) is 8.42 Å². The summed E-state index contributed by atoms with van der Waals surface area (Å²) in [5.41, 5.74) is -0.237. The number of benzene rings is 1. The molecule has 4 rings (SSSR count). The summed E-state index contributed by atoms with van der Waals surface area (Å²) >= 11 is 7.58. The lowest BCUT2D eigenvalue weighted by atomic mass is 9.97. The normalized spacial score (nSPS) is 15.7. The lowest BCUT2D eigenvalue weighted by molar-refractivity contribution is -0.384. The SMILES string of the molecule is O=C(Nc1ncc(S(=O)(=O)c2ccc([N+](=O)[O-])cc2)s1)C1CCN(S(=O)(=O)c2ccc(Cl)s2)CC1. The molecule has 1 aromatic carbocycles. The van der Waals surface area contributed by atoms with Crippen molar-refractivity contribution in [3.8, 4) is 0 Å². The van der Waals surface area contributed by atoms with Gasteiger partial charge in [-0.05, 0) is 37.1 Å². The molecule has 1 amide bonds. The zero-order chi connectivity index (χ0) is 25.4. The number of carbonyl (C=O) groups excluding carboxylic acids is 1. The minimum Gasteiger partial charge on any atom is -0.302 e. The quantitative estimate of drug-likeness (QED) is 0.330. The molecule has 1 N–H and O–H groups in total. The number of aromatic nitrogens is 1. The number of piperidine rings is 1. The molecule has 3 aromatic rings. The van der Waals surface area contributed by atoms with E-state index >= 15 is 0 Å². The van der Waals surface area contributed by atoms with Gasteiger partial charge in [-0.3, -0.25) is 14.9 Å². The highest BCUT2D eigenvalue weighted by Gasteiger charge is 2.33. The molecule has 0 unspecified atom stereocenters. The molecule has 0 radical (unpaired) electrons. The van der Waals surface area contributed by atoms with Crippen molar-refractivity contribution in [3.63, 3.8) is 0 Å². The van der Waals surface area contributed by atoms with Gasteiger partial charge in [0.05, 0.1) is 20.4 Å². The van der Waals surface area contributed by atoms with Gasteiger partial charge < -0.3 is 5.32 Å². The first kappa shape index (κ1) is 25.7. The number of rotatable bonds is 7. The van der Waals surface area contributed by atoms with E-state index in [2.05, 4.69) is 10.3 Å². The standard InChI is InChI=1S/C19H17ClN4O7S4/c20-15-5-6-16(32-15)35(30,31)23-9-7-12(8-10-23)18(25)22-19-21-11-17(33-19)34(28,29)14-3-1-13(2-4-14)24(26)27/h1-6,11-12H,7-10H2,(H,21,22,25). The van der Waals surface area contributed by atoms with Crippen LogP contribution in [0.4, 0.5) is 10.8 Å². The first-order chi connectivity index (χ1) is 16.5. The van der Waals surface area contributed by atoms with E-state index < -0.39 is 30.7 Å². The molecular weight excluding hydrogens is 560 g/mol. The molecule has 0 spiro atoms. The van der Waals surface area contributed by atoms with Gasteiger partial charge in [-0.15, -0.1) is 11.3 Å². The van der Waals surface area contributed by atoms with E-state index in [0.29, 0.717) is 17.2 Å². The largest absolute Gasteiger partial charge is 0.302 e. The van der Waals surface area contributed by atoms with Gasteiger partial charge in [-0.2, -0.15) is 4.31 Å². The summed E-state index contributed by atoms with van der Waals surface area (Å²) in [7, 11) is -7.64. The number of thiazole rings is 1. The summed E-state index contributed by atoms with van der Waals surface area (Å²) in [6.45, 7) is 0.321. The third-order valence-corrected chi connectivity index (χ3v) is 12.0. The fourth-order valence-corrected chi connectivity index (χ4v) is 8.98. The van der Waals surface area contributed by atoms with Crippen molar-refractivity contribution in [2.24, 2.45) is 5.92 Å².